The van der Waals surface area contributed by atoms with Gasteiger partial charge in [0.15, 0.2) is 0 Å². The quantitative estimate of drug-likeness (QED) is 0.544. The van der Waals surface area contributed by atoms with Crippen molar-refractivity contribution in [2.24, 2.45) is 5.73 Å². The first-order valence-electron chi connectivity index (χ1n) is 6.35. The van der Waals surface area contributed by atoms with Crippen LogP contribution in [0.4, 0.5) is 5.69 Å². The van der Waals surface area contributed by atoms with Crippen molar-refractivity contribution in [3.05, 3.63) is 29.8 Å². The molecule has 0 aliphatic carbocycles. The van der Waals surface area contributed by atoms with Crippen LogP contribution in [-0.2, 0) is 0 Å². The molecule has 1 aromatic rings. The number of unbranched alkanes of at least 4 members (excludes halogenated alkanes) is 4. The lowest BCUT2D eigenvalue weighted by atomic mass is 10.0. The van der Waals surface area contributed by atoms with E-state index in [0.29, 0.717) is 0 Å². The van der Waals surface area contributed by atoms with Crippen LogP contribution in [0.1, 0.15) is 57.1 Å². The highest BCUT2D eigenvalue weighted by Crippen LogP contribution is 2.19. The van der Waals surface area contributed by atoms with E-state index in [0.717, 1.165) is 17.7 Å². The van der Waals surface area contributed by atoms with Gasteiger partial charge in [-0.25, -0.2) is 0 Å². The van der Waals surface area contributed by atoms with Gasteiger partial charge in [0.05, 0.1) is 0 Å². The summed E-state index contributed by atoms with van der Waals surface area (Å²) >= 11 is 0. The molecule has 1 rings (SSSR count). The van der Waals surface area contributed by atoms with E-state index in [1.807, 2.05) is 18.2 Å². The van der Waals surface area contributed by atoms with Crippen molar-refractivity contribution >= 4 is 5.69 Å². The summed E-state index contributed by atoms with van der Waals surface area (Å²) in [5.41, 5.74) is 13.8. The van der Waals surface area contributed by atoms with Gasteiger partial charge in [0, 0.05) is 11.7 Å². The Hall–Kier alpha value is -1.02. The number of rotatable bonds is 7. The molecule has 1 atom stereocenters. The molecule has 2 nitrogen and oxygen atoms in total. The van der Waals surface area contributed by atoms with Gasteiger partial charge >= 0.3 is 0 Å². The largest absolute Gasteiger partial charge is 0.399 e. The van der Waals surface area contributed by atoms with E-state index in [1.54, 1.807) is 0 Å². The molecule has 16 heavy (non-hydrogen) atoms. The lowest BCUT2D eigenvalue weighted by Gasteiger charge is -2.12. The van der Waals surface area contributed by atoms with Gasteiger partial charge in [-0.3, -0.25) is 0 Å². The summed E-state index contributed by atoms with van der Waals surface area (Å²) in [6, 6.07) is 8.06. The van der Waals surface area contributed by atoms with Crippen molar-refractivity contribution in [1.82, 2.24) is 0 Å². The summed E-state index contributed by atoms with van der Waals surface area (Å²) in [6.45, 7) is 2.23. The Morgan fingerprint density at radius 1 is 1.12 bits per heavy atom. The maximum Gasteiger partial charge on any atom is 0.0317 e. The van der Waals surface area contributed by atoms with Crippen LogP contribution >= 0.6 is 0 Å². The molecule has 0 spiro atoms. The third kappa shape index (κ3) is 4.67. The first-order chi connectivity index (χ1) is 7.74. The summed E-state index contributed by atoms with van der Waals surface area (Å²) in [5, 5.41) is 0. The van der Waals surface area contributed by atoms with Crippen LogP contribution in [0.25, 0.3) is 0 Å². The lowest BCUT2D eigenvalue weighted by Crippen LogP contribution is -2.10. The fourth-order valence-corrected chi connectivity index (χ4v) is 1.92. The highest BCUT2D eigenvalue weighted by atomic mass is 14.6. The summed E-state index contributed by atoms with van der Waals surface area (Å²) in [5.74, 6) is 0. The summed E-state index contributed by atoms with van der Waals surface area (Å²) in [4.78, 5) is 0. The molecule has 4 N–H and O–H groups in total. The van der Waals surface area contributed by atoms with Crippen molar-refractivity contribution in [1.29, 1.82) is 0 Å². The van der Waals surface area contributed by atoms with Crippen LogP contribution in [0.3, 0.4) is 0 Å². The topological polar surface area (TPSA) is 52.0 Å². The predicted molar refractivity (Wildman–Crippen MR) is 71.2 cm³/mol. The van der Waals surface area contributed by atoms with Crippen molar-refractivity contribution in [3.8, 4) is 0 Å². The van der Waals surface area contributed by atoms with Crippen LogP contribution in [0, 0.1) is 0 Å². The smallest absolute Gasteiger partial charge is 0.0317 e. The first-order valence-corrected chi connectivity index (χ1v) is 6.35. The Morgan fingerprint density at radius 3 is 2.56 bits per heavy atom. The molecule has 1 aromatic carbocycles. The molecule has 1 unspecified atom stereocenters. The van der Waals surface area contributed by atoms with E-state index >= 15 is 0 Å². The molecule has 90 valence electrons. The molecule has 0 saturated heterocycles. The zero-order chi connectivity index (χ0) is 11.8. The molecule has 0 saturated carbocycles. The van der Waals surface area contributed by atoms with Crippen LogP contribution in [-0.4, -0.2) is 0 Å². The number of nitrogen functional groups attached to an aromatic ring is 1. The van der Waals surface area contributed by atoms with Gasteiger partial charge in [0.1, 0.15) is 0 Å². The first kappa shape index (κ1) is 13.0. The number of hydrogen-bond donors (Lipinski definition) is 2. The fourth-order valence-electron chi connectivity index (χ4n) is 1.92. The van der Waals surface area contributed by atoms with Gasteiger partial charge in [-0.05, 0) is 24.1 Å². The number of hydrogen-bond acceptors (Lipinski definition) is 2. The Labute approximate surface area is 99.0 Å². The van der Waals surface area contributed by atoms with Crippen LogP contribution < -0.4 is 11.5 Å². The molecular formula is C14H24N2. The van der Waals surface area contributed by atoms with E-state index in [4.69, 9.17) is 11.5 Å². The normalized spacial score (nSPS) is 12.6. The Bertz CT molecular complexity index is 297. The molecule has 0 amide bonds. The van der Waals surface area contributed by atoms with Gasteiger partial charge < -0.3 is 11.5 Å². The maximum absolute atomic E-state index is 6.12. The van der Waals surface area contributed by atoms with Crippen LogP contribution in [0.5, 0.6) is 0 Å². The lowest BCUT2D eigenvalue weighted by molar-refractivity contribution is 0.555. The molecule has 0 aromatic heterocycles. The molecule has 0 bridgehead atoms. The van der Waals surface area contributed by atoms with E-state index in [2.05, 4.69) is 13.0 Å². The van der Waals surface area contributed by atoms with Crippen LogP contribution in [0.2, 0.25) is 0 Å². The number of nitrogens with two attached hydrogens (primary N) is 2. The number of benzene rings is 1. The molecule has 2 heteroatoms. The second-order valence-corrected chi connectivity index (χ2v) is 4.48. The van der Waals surface area contributed by atoms with Crippen LogP contribution in [0.15, 0.2) is 24.3 Å². The molecule has 0 aliphatic rings. The van der Waals surface area contributed by atoms with E-state index in [9.17, 15) is 0 Å². The highest BCUT2D eigenvalue weighted by molar-refractivity contribution is 5.41. The average Bonchev–Trinajstić information content (AvgIpc) is 2.28. The second kappa shape index (κ2) is 7.29. The second-order valence-electron chi connectivity index (χ2n) is 4.48. The van der Waals surface area contributed by atoms with E-state index in [-0.39, 0.29) is 6.04 Å². The SMILES string of the molecule is CCCCCCCC(N)c1cccc(N)c1. The maximum atomic E-state index is 6.12. The van der Waals surface area contributed by atoms with Gasteiger partial charge in [0.2, 0.25) is 0 Å². The van der Waals surface area contributed by atoms with E-state index in [1.165, 1.54) is 32.1 Å². The zero-order valence-corrected chi connectivity index (χ0v) is 10.3. The molecule has 0 heterocycles. The highest BCUT2D eigenvalue weighted by Gasteiger charge is 2.05. The van der Waals surface area contributed by atoms with E-state index < -0.39 is 0 Å². The average molecular weight is 220 g/mol. The van der Waals surface area contributed by atoms with Crippen molar-refractivity contribution in [2.75, 3.05) is 5.73 Å². The Balaban J connectivity index is 2.27. The summed E-state index contributed by atoms with van der Waals surface area (Å²) < 4.78 is 0. The minimum absolute atomic E-state index is 0.144. The minimum atomic E-state index is 0.144. The Morgan fingerprint density at radius 2 is 1.88 bits per heavy atom. The van der Waals surface area contributed by atoms with Gasteiger partial charge in [0.25, 0.3) is 0 Å². The molecular weight excluding hydrogens is 196 g/mol. The third-order valence-corrected chi connectivity index (χ3v) is 2.96. The third-order valence-electron chi connectivity index (χ3n) is 2.96. The predicted octanol–water partition coefficient (Wildman–Crippen LogP) is 3.63. The zero-order valence-electron chi connectivity index (χ0n) is 10.3. The standard InChI is InChI=1S/C14H24N2/c1-2-3-4-5-6-10-14(16)12-8-7-9-13(15)11-12/h7-9,11,14H,2-6,10,15-16H2,1H3. The minimum Gasteiger partial charge on any atom is -0.399 e. The summed E-state index contributed by atoms with van der Waals surface area (Å²) in [6.07, 6.45) is 7.54. The fraction of sp³-hybridized carbons (Fsp3) is 0.571. The number of anilines is 1. The van der Waals surface area contributed by atoms with Crippen molar-refractivity contribution in [3.63, 3.8) is 0 Å². The molecule has 0 fully saturated rings. The molecule has 0 aliphatic heterocycles. The Kier molecular flexibility index (Phi) is 5.94. The van der Waals surface area contributed by atoms with Gasteiger partial charge in [-0.1, -0.05) is 51.2 Å². The summed E-state index contributed by atoms with van der Waals surface area (Å²) in [7, 11) is 0. The van der Waals surface area contributed by atoms with Gasteiger partial charge in [-0.2, -0.15) is 0 Å². The van der Waals surface area contributed by atoms with Crippen molar-refractivity contribution < 1.29 is 0 Å². The monoisotopic (exact) mass is 220 g/mol. The van der Waals surface area contributed by atoms with Crippen molar-refractivity contribution in [2.45, 2.75) is 51.5 Å². The van der Waals surface area contributed by atoms with Gasteiger partial charge in [-0.15, -0.1) is 0 Å². The molecule has 0 radical (unpaired) electrons.